The summed E-state index contributed by atoms with van der Waals surface area (Å²) in [6.45, 7) is 4.28. The number of hydrogen-bond acceptors (Lipinski definition) is 4. The molecule has 2 heterocycles. The van der Waals surface area contributed by atoms with Gasteiger partial charge in [-0.1, -0.05) is 11.6 Å². The molecule has 1 fully saturated rings. The van der Waals surface area contributed by atoms with E-state index in [4.69, 9.17) is 11.6 Å². The Hall–Kier alpha value is -1.69. The molecule has 0 bridgehead atoms. The Morgan fingerprint density at radius 2 is 2.00 bits per heavy atom. The Morgan fingerprint density at radius 3 is 2.74 bits per heavy atom. The molecule has 1 aliphatic heterocycles. The van der Waals surface area contributed by atoms with Crippen LogP contribution < -0.4 is 5.56 Å². The van der Waals surface area contributed by atoms with E-state index in [9.17, 15) is 9.59 Å². The lowest BCUT2D eigenvalue weighted by atomic mass is 10.0. The predicted octanol–water partition coefficient (Wildman–Crippen LogP) is 1.54. The second-order valence-corrected chi connectivity index (χ2v) is 6.54. The number of likely N-dealkylation sites (N-methyl/N-ethyl adjacent to an activating group) is 1. The van der Waals surface area contributed by atoms with Crippen molar-refractivity contribution in [2.45, 2.75) is 6.42 Å². The number of Topliss-reactive ketones (excluding diaryl/α,β-unsaturated/α-hetero) is 1. The smallest absolute Gasteiger partial charge is 0.255 e. The predicted molar refractivity (Wildman–Crippen MR) is 92.2 cm³/mol. The van der Waals surface area contributed by atoms with Gasteiger partial charge in [0.2, 0.25) is 0 Å². The van der Waals surface area contributed by atoms with Crippen LogP contribution >= 0.6 is 11.6 Å². The van der Waals surface area contributed by atoms with Gasteiger partial charge in [0.1, 0.15) is 0 Å². The summed E-state index contributed by atoms with van der Waals surface area (Å²) in [4.78, 5) is 31.2. The van der Waals surface area contributed by atoms with E-state index in [2.05, 4.69) is 21.8 Å². The van der Waals surface area contributed by atoms with Crippen molar-refractivity contribution >= 4 is 28.2 Å². The molecule has 0 spiro atoms. The van der Waals surface area contributed by atoms with Gasteiger partial charge in [-0.3, -0.25) is 14.5 Å². The number of H-pyrrole nitrogens is 1. The summed E-state index contributed by atoms with van der Waals surface area (Å²) >= 11 is 6.26. The molecule has 1 aromatic heterocycles. The summed E-state index contributed by atoms with van der Waals surface area (Å²) in [6.07, 6.45) is 1.91. The van der Waals surface area contributed by atoms with Crippen molar-refractivity contribution in [3.8, 4) is 0 Å². The normalized spacial score (nSPS) is 16.8. The van der Waals surface area contributed by atoms with Gasteiger partial charge in [-0.25, -0.2) is 0 Å². The number of carbonyl (C=O) groups is 1. The number of hydrogen-bond donors (Lipinski definition) is 1. The molecule has 5 nitrogen and oxygen atoms in total. The highest BCUT2D eigenvalue weighted by atomic mass is 35.5. The van der Waals surface area contributed by atoms with Crippen LogP contribution in [0.25, 0.3) is 10.8 Å². The number of nitrogens with one attached hydrogen (secondary N) is 1. The van der Waals surface area contributed by atoms with E-state index in [-0.39, 0.29) is 11.3 Å². The van der Waals surface area contributed by atoms with Gasteiger partial charge in [-0.2, -0.15) is 0 Å². The first-order valence-electron chi connectivity index (χ1n) is 7.75. The molecule has 1 aliphatic rings. The van der Waals surface area contributed by atoms with Gasteiger partial charge >= 0.3 is 0 Å². The quantitative estimate of drug-likeness (QED) is 0.922. The van der Waals surface area contributed by atoms with Gasteiger partial charge < -0.3 is 9.88 Å². The zero-order chi connectivity index (χ0) is 16.4. The molecule has 0 saturated carbocycles. The number of ketones is 1. The Morgan fingerprint density at radius 1 is 1.26 bits per heavy atom. The monoisotopic (exact) mass is 333 g/mol. The molecule has 6 heteroatoms. The second kappa shape index (κ2) is 6.83. The molecule has 0 amide bonds. The zero-order valence-corrected chi connectivity index (χ0v) is 13.9. The molecule has 3 rings (SSSR count). The van der Waals surface area contributed by atoms with Gasteiger partial charge in [0.15, 0.2) is 5.78 Å². The maximum Gasteiger partial charge on any atom is 0.255 e. The van der Waals surface area contributed by atoms with E-state index in [1.165, 1.54) is 0 Å². The zero-order valence-electron chi connectivity index (χ0n) is 13.1. The first-order valence-corrected chi connectivity index (χ1v) is 8.13. The largest absolute Gasteiger partial charge is 0.329 e. The van der Waals surface area contributed by atoms with E-state index in [1.54, 1.807) is 12.3 Å². The fraction of sp³-hybridized carbons (Fsp3) is 0.412. The van der Waals surface area contributed by atoms with Crippen molar-refractivity contribution in [3.63, 3.8) is 0 Å². The van der Waals surface area contributed by atoms with Crippen LogP contribution in [0.15, 0.2) is 29.2 Å². The number of carbonyl (C=O) groups excluding carboxylic acids is 1. The van der Waals surface area contributed by atoms with Crippen LogP contribution in [0.2, 0.25) is 5.02 Å². The summed E-state index contributed by atoms with van der Waals surface area (Å²) in [5.74, 6) is 0.153. The van der Waals surface area contributed by atoms with Crippen molar-refractivity contribution in [1.82, 2.24) is 14.8 Å². The maximum absolute atomic E-state index is 12.3. The van der Waals surface area contributed by atoms with Crippen LogP contribution in [0.5, 0.6) is 0 Å². The number of benzene rings is 1. The minimum absolute atomic E-state index is 0.153. The fourth-order valence-electron chi connectivity index (χ4n) is 2.92. The number of aromatic amines is 1. The van der Waals surface area contributed by atoms with Gasteiger partial charge in [0.25, 0.3) is 5.56 Å². The summed E-state index contributed by atoms with van der Waals surface area (Å²) in [6, 6.07) is 5.31. The topological polar surface area (TPSA) is 56.4 Å². The van der Waals surface area contributed by atoms with Gasteiger partial charge in [0, 0.05) is 49.2 Å². The van der Waals surface area contributed by atoms with Crippen LogP contribution in [0.4, 0.5) is 0 Å². The third-order valence-electron chi connectivity index (χ3n) is 4.32. The molecular weight excluding hydrogens is 314 g/mol. The number of pyridine rings is 1. The van der Waals surface area contributed by atoms with Gasteiger partial charge in [-0.05, 0) is 36.2 Å². The first kappa shape index (κ1) is 16.2. The van der Waals surface area contributed by atoms with Crippen molar-refractivity contribution in [1.29, 1.82) is 0 Å². The molecule has 122 valence electrons. The second-order valence-electron chi connectivity index (χ2n) is 6.13. The fourth-order valence-corrected chi connectivity index (χ4v) is 3.15. The molecule has 0 aliphatic carbocycles. The van der Waals surface area contributed by atoms with Gasteiger partial charge in [0.05, 0.1) is 6.54 Å². The Kier molecular flexibility index (Phi) is 4.80. The summed E-state index contributed by atoms with van der Waals surface area (Å²) in [5.41, 5.74) is 0.614. The van der Waals surface area contributed by atoms with Crippen LogP contribution in [-0.2, 0) is 11.2 Å². The number of nitrogens with zero attached hydrogens (tertiary/aromatic N) is 2. The first-order chi connectivity index (χ1) is 11.0. The van der Waals surface area contributed by atoms with E-state index >= 15 is 0 Å². The van der Waals surface area contributed by atoms with E-state index in [0.717, 1.165) is 37.1 Å². The molecule has 1 N–H and O–H groups in total. The van der Waals surface area contributed by atoms with Crippen LogP contribution in [0.3, 0.4) is 0 Å². The van der Waals surface area contributed by atoms with Crippen molar-refractivity contribution < 1.29 is 4.79 Å². The molecule has 2 aromatic rings. The lowest BCUT2D eigenvalue weighted by Crippen LogP contribution is -2.46. The van der Waals surface area contributed by atoms with Gasteiger partial charge in [-0.15, -0.1) is 0 Å². The average Bonchev–Trinajstić information content (AvgIpc) is 2.51. The summed E-state index contributed by atoms with van der Waals surface area (Å²) in [5, 5.41) is 1.83. The minimum atomic E-state index is -0.167. The van der Waals surface area contributed by atoms with Crippen molar-refractivity contribution in [3.05, 3.63) is 45.3 Å². The summed E-state index contributed by atoms with van der Waals surface area (Å²) < 4.78 is 0. The van der Waals surface area contributed by atoms with Crippen LogP contribution in [0, 0.1) is 0 Å². The van der Waals surface area contributed by atoms with Crippen molar-refractivity contribution in [2.24, 2.45) is 0 Å². The van der Waals surface area contributed by atoms with E-state index < -0.39 is 0 Å². The lowest BCUT2D eigenvalue weighted by Gasteiger charge is -2.31. The molecule has 0 unspecified atom stereocenters. The SMILES string of the molecule is CN1CCN(CC(=O)Cc2cc3cc[nH]c(=O)c3cc2Cl)CC1. The number of aromatic nitrogens is 1. The molecule has 1 saturated heterocycles. The number of rotatable bonds is 4. The molecular formula is C17H20ClN3O2. The Balaban J connectivity index is 1.72. The highest BCUT2D eigenvalue weighted by Crippen LogP contribution is 2.22. The maximum atomic E-state index is 12.3. The van der Waals surface area contributed by atoms with E-state index in [0.29, 0.717) is 23.4 Å². The van der Waals surface area contributed by atoms with Crippen molar-refractivity contribution in [2.75, 3.05) is 39.8 Å². The highest BCUT2D eigenvalue weighted by molar-refractivity contribution is 6.32. The number of piperazine rings is 1. The lowest BCUT2D eigenvalue weighted by molar-refractivity contribution is -0.119. The Bertz CT molecular complexity index is 779. The van der Waals surface area contributed by atoms with Crippen LogP contribution in [-0.4, -0.2) is 60.3 Å². The van der Waals surface area contributed by atoms with Crippen LogP contribution in [0.1, 0.15) is 5.56 Å². The molecule has 23 heavy (non-hydrogen) atoms. The minimum Gasteiger partial charge on any atom is -0.329 e. The third-order valence-corrected chi connectivity index (χ3v) is 4.68. The standard InChI is InChI=1S/C17H20ClN3O2/c1-20-4-6-21(7-5-20)11-14(22)9-13-8-12-2-3-19-17(23)15(12)10-16(13)18/h2-3,8,10H,4-7,9,11H2,1H3,(H,19,23). The average molecular weight is 334 g/mol. The number of halogens is 1. The molecule has 0 atom stereocenters. The third kappa shape index (κ3) is 3.80. The van der Waals surface area contributed by atoms with E-state index in [1.807, 2.05) is 12.1 Å². The number of fused-ring (bicyclic) bond motifs is 1. The summed E-state index contributed by atoms with van der Waals surface area (Å²) in [7, 11) is 2.09. The molecule has 1 aromatic carbocycles. The highest BCUT2D eigenvalue weighted by Gasteiger charge is 2.17. The molecule has 0 radical (unpaired) electrons. The Labute approximate surface area is 139 Å².